The highest BCUT2D eigenvalue weighted by molar-refractivity contribution is 14.0. The number of nitrogens with zero attached hydrogens (tertiary/aromatic N) is 4. The summed E-state index contributed by atoms with van der Waals surface area (Å²) >= 11 is 0. The molecule has 1 saturated heterocycles. The van der Waals surface area contributed by atoms with E-state index in [-0.39, 0.29) is 24.0 Å². The van der Waals surface area contributed by atoms with Gasteiger partial charge in [0.05, 0.1) is 6.54 Å². The molecule has 0 aliphatic carbocycles. The summed E-state index contributed by atoms with van der Waals surface area (Å²) in [6, 6.07) is 6.73. The van der Waals surface area contributed by atoms with Gasteiger partial charge < -0.3 is 20.4 Å². The summed E-state index contributed by atoms with van der Waals surface area (Å²) in [5.41, 5.74) is 1.08. The van der Waals surface area contributed by atoms with E-state index in [4.69, 9.17) is 4.99 Å². The van der Waals surface area contributed by atoms with Crippen LogP contribution in [0.2, 0.25) is 0 Å². The average molecular weight is 502 g/mol. The van der Waals surface area contributed by atoms with Crippen LogP contribution in [0.4, 0.5) is 5.82 Å². The fourth-order valence-corrected chi connectivity index (χ4v) is 3.34. The van der Waals surface area contributed by atoms with Gasteiger partial charge in [-0.15, -0.1) is 24.0 Å². The number of pyridine rings is 1. The number of hydrogen-bond donors (Lipinski definition) is 2. The van der Waals surface area contributed by atoms with Gasteiger partial charge in [0.2, 0.25) is 0 Å². The van der Waals surface area contributed by atoms with E-state index in [0.717, 1.165) is 69.6 Å². The first-order chi connectivity index (χ1) is 13.1. The van der Waals surface area contributed by atoms with Crippen molar-refractivity contribution in [3.63, 3.8) is 0 Å². The number of nitrogens with one attached hydrogen (secondary N) is 2. The molecule has 1 aliphatic heterocycles. The molecule has 0 bridgehead atoms. The van der Waals surface area contributed by atoms with Crippen molar-refractivity contribution >= 4 is 35.8 Å². The van der Waals surface area contributed by atoms with Crippen molar-refractivity contribution in [2.24, 2.45) is 4.99 Å². The normalized spacial score (nSPS) is 15.5. The summed E-state index contributed by atoms with van der Waals surface area (Å²) < 4.78 is 0. The van der Waals surface area contributed by atoms with Gasteiger partial charge in [0.25, 0.3) is 0 Å². The van der Waals surface area contributed by atoms with Crippen LogP contribution in [0.3, 0.4) is 0 Å². The summed E-state index contributed by atoms with van der Waals surface area (Å²) in [7, 11) is 2.18. The number of anilines is 1. The number of aromatic nitrogens is 1. The van der Waals surface area contributed by atoms with Crippen LogP contribution < -0.4 is 15.5 Å². The predicted molar refractivity (Wildman–Crippen MR) is 131 cm³/mol. The van der Waals surface area contributed by atoms with Crippen LogP contribution in [-0.4, -0.2) is 68.2 Å². The third kappa shape index (κ3) is 8.94. The molecule has 2 heterocycles. The van der Waals surface area contributed by atoms with Gasteiger partial charge in [0, 0.05) is 37.9 Å². The molecule has 1 aromatic heterocycles. The predicted octanol–water partition coefficient (Wildman–Crippen LogP) is 3.26. The quantitative estimate of drug-likeness (QED) is 0.309. The summed E-state index contributed by atoms with van der Waals surface area (Å²) in [4.78, 5) is 14.2. The minimum atomic E-state index is 0. The molecule has 1 fully saturated rings. The second-order valence-electron chi connectivity index (χ2n) is 7.46. The number of aryl methyl sites for hydroxylation is 1. The molecule has 0 radical (unpaired) electrons. The van der Waals surface area contributed by atoms with Gasteiger partial charge in [-0.05, 0) is 58.8 Å². The molecule has 160 valence electrons. The molecule has 0 unspecified atom stereocenters. The molecule has 6 nitrogen and oxygen atoms in total. The monoisotopic (exact) mass is 502 g/mol. The van der Waals surface area contributed by atoms with E-state index in [0.29, 0.717) is 6.04 Å². The Bertz CT molecular complexity index is 572. The second-order valence-corrected chi connectivity index (χ2v) is 7.46. The van der Waals surface area contributed by atoms with Crippen molar-refractivity contribution < 1.29 is 0 Å². The molecule has 2 rings (SSSR count). The number of aliphatic imine (C=N–C) groups is 1. The Balaban J connectivity index is 0.00000392. The minimum Gasteiger partial charge on any atom is -0.357 e. The largest absolute Gasteiger partial charge is 0.357 e. The first-order valence-electron chi connectivity index (χ1n) is 10.5. The van der Waals surface area contributed by atoms with Gasteiger partial charge in [-0.1, -0.05) is 19.4 Å². The van der Waals surface area contributed by atoms with Gasteiger partial charge in [-0.3, -0.25) is 4.99 Å². The summed E-state index contributed by atoms with van der Waals surface area (Å²) in [6.45, 7) is 12.4. The molecule has 1 aromatic rings. The van der Waals surface area contributed by atoms with Crippen LogP contribution in [0.5, 0.6) is 0 Å². The van der Waals surface area contributed by atoms with Crippen LogP contribution in [0, 0.1) is 6.92 Å². The molecular formula is C21H39IN6. The molecular weight excluding hydrogens is 463 g/mol. The Morgan fingerprint density at radius 2 is 2.00 bits per heavy atom. The number of hydrogen-bond acceptors (Lipinski definition) is 4. The highest BCUT2D eigenvalue weighted by Crippen LogP contribution is 2.18. The average Bonchev–Trinajstić information content (AvgIpc) is 2.67. The van der Waals surface area contributed by atoms with E-state index >= 15 is 0 Å². The van der Waals surface area contributed by atoms with Crippen LogP contribution in [0.15, 0.2) is 23.2 Å². The number of halogens is 1. The number of likely N-dealkylation sites (N-methyl/N-ethyl adjacent to an activating group) is 1. The maximum Gasteiger partial charge on any atom is 0.191 e. The molecule has 7 heteroatoms. The topological polar surface area (TPSA) is 55.8 Å². The molecule has 1 aliphatic rings. The lowest BCUT2D eigenvalue weighted by Crippen LogP contribution is -2.49. The highest BCUT2D eigenvalue weighted by Gasteiger charge is 2.20. The highest BCUT2D eigenvalue weighted by atomic mass is 127. The first-order valence-corrected chi connectivity index (χ1v) is 10.5. The number of guanidine groups is 1. The Labute approximate surface area is 188 Å². The zero-order chi connectivity index (χ0) is 19.5. The van der Waals surface area contributed by atoms with Crippen LogP contribution in [0.25, 0.3) is 0 Å². The Morgan fingerprint density at radius 1 is 1.25 bits per heavy atom. The van der Waals surface area contributed by atoms with Crippen molar-refractivity contribution in [3.05, 3.63) is 23.9 Å². The zero-order valence-corrected chi connectivity index (χ0v) is 20.4. The van der Waals surface area contributed by atoms with Crippen molar-refractivity contribution in [1.82, 2.24) is 20.5 Å². The SMILES string of the molecule is CCCCN(C)CCN=C(NCC)NC1CCN(c2cccc(C)n2)CC1.I. The lowest BCUT2D eigenvalue weighted by atomic mass is 10.1. The molecule has 0 saturated carbocycles. The Morgan fingerprint density at radius 3 is 2.64 bits per heavy atom. The number of piperidine rings is 1. The Kier molecular flexibility index (Phi) is 12.5. The van der Waals surface area contributed by atoms with Crippen LogP contribution >= 0.6 is 24.0 Å². The summed E-state index contributed by atoms with van der Waals surface area (Å²) in [6.07, 6.45) is 4.72. The fourth-order valence-electron chi connectivity index (χ4n) is 3.34. The van der Waals surface area contributed by atoms with E-state index in [1.165, 1.54) is 12.8 Å². The lowest BCUT2D eigenvalue weighted by molar-refractivity contribution is 0.337. The molecule has 0 amide bonds. The molecule has 0 spiro atoms. The van der Waals surface area contributed by atoms with Crippen LogP contribution in [0.1, 0.15) is 45.2 Å². The second kappa shape index (κ2) is 14.0. The van der Waals surface area contributed by atoms with Gasteiger partial charge in [0.15, 0.2) is 5.96 Å². The summed E-state index contributed by atoms with van der Waals surface area (Å²) in [5, 5.41) is 7.02. The van der Waals surface area contributed by atoms with Crippen molar-refractivity contribution in [1.29, 1.82) is 0 Å². The molecule has 0 aromatic carbocycles. The van der Waals surface area contributed by atoms with Crippen molar-refractivity contribution in [3.8, 4) is 0 Å². The van der Waals surface area contributed by atoms with E-state index in [2.05, 4.69) is 71.4 Å². The van der Waals surface area contributed by atoms with Gasteiger partial charge in [0.1, 0.15) is 5.82 Å². The standard InChI is InChI=1S/C21H38N6.HI/c1-5-7-14-26(4)17-13-23-21(22-6-2)25-19-11-15-27(16-12-19)20-10-8-9-18(3)24-20;/h8-10,19H,5-7,11-17H2,1-4H3,(H2,22,23,25);1H. The van der Waals surface area contributed by atoms with Gasteiger partial charge in [-0.25, -0.2) is 4.98 Å². The van der Waals surface area contributed by atoms with E-state index in [1.54, 1.807) is 0 Å². The first kappa shape index (κ1) is 24.9. The van der Waals surface area contributed by atoms with Gasteiger partial charge >= 0.3 is 0 Å². The van der Waals surface area contributed by atoms with Gasteiger partial charge in [-0.2, -0.15) is 0 Å². The molecule has 2 N–H and O–H groups in total. The van der Waals surface area contributed by atoms with E-state index < -0.39 is 0 Å². The fraction of sp³-hybridized carbons (Fsp3) is 0.714. The Hall–Kier alpha value is -1.09. The lowest BCUT2D eigenvalue weighted by Gasteiger charge is -2.34. The third-order valence-corrected chi connectivity index (χ3v) is 5.02. The maximum atomic E-state index is 4.77. The summed E-state index contributed by atoms with van der Waals surface area (Å²) in [5.74, 6) is 2.05. The van der Waals surface area contributed by atoms with Crippen LogP contribution in [-0.2, 0) is 0 Å². The molecule has 28 heavy (non-hydrogen) atoms. The van der Waals surface area contributed by atoms with E-state index in [9.17, 15) is 0 Å². The van der Waals surface area contributed by atoms with Crippen molar-refractivity contribution in [2.75, 3.05) is 51.2 Å². The zero-order valence-electron chi connectivity index (χ0n) is 18.1. The third-order valence-electron chi connectivity index (χ3n) is 5.02. The number of rotatable bonds is 9. The van der Waals surface area contributed by atoms with Crippen molar-refractivity contribution in [2.45, 2.75) is 52.5 Å². The number of unbranched alkanes of at least 4 members (excludes halogenated alkanes) is 1. The smallest absolute Gasteiger partial charge is 0.191 e. The maximum absolute atomic E-state index is 4.77. The molecule has 0 atom stereocenters. The van der Waals surface area contributed by atoms with E-state index in [1.807, 2.05) is 0 Å². The minimum absolute atomic E-state index is 0.